The van der Waals surface area contributed by atoms with E-state index in [1.165, 1.54) is 29.3 Å². The van der Waals surface area contributed by atoms with Gasteiger partial charge in [0.25, 0.3) is 0 Å². The van der Waals surface area contributed by atoms with E-state index in [-0.39, 0.29) is 41.6 Å². The number of likely N-dealkylation sites (N-methyl/N-ethyl adjacent to an activating group) is 1. The second-order valence-corrected chi connectivity index (χ2v) is 11.4. The van der Waals surface area contributed by atoms with E-state index >= 15 is 0 Å². The fraction of sp³-hybridized carbons (Fsp3) is 0.520. The van der Waals surface area contributed by atoms with Crippen LogP contribution in [0.5, 0.6) is 5.75 Å². The standard InChI is InChI=1S/C25H33FN2O4S/c1-17-13-28(18(2)16-29)33(30,31)25-11-10-20(21-6-4-5-7-22(21)26)12-23(25)32-24(17)15-27(3)14-19-8-9-19/h4-7,10-12,17-19,24,29H,8-9,13-16H2,1-3H3/t17-,18+,24-/m0/s1. The van der Waals surface area contributed by atoms with Gasteiger partial charge < -0.3 is 14.7 Å². The molecule has 2 aromatic carbocycles. The van der Waals surface area contributed by atoms with Crippen LogP contribution >= 0.6 is 0 Å². The van der Waals surface area contributed by atoms with Gasteiger partial charge in [-0.15, -0.1) is 0 Å². The molecule has 4 rings (SSSR count). The predicted octanol–water partition coefficient (Wildman–Crippen LogP) is 3.60. The molecule has 1 heterocycles. The number of sulfonamides is 1. The van der Waals surface area contributed by atoms with Crippen LogP contribution in [0.4, 0.5) is 4.39 Å². The van der Waals surface area contributed by atoms with Crippen LogP contribution in [0.1, 0.15) is 26.7 Å². The smallest absolute Gasteiger partial charge is 0.247 e. The summed E-state index contributed by atoms with van der Waals surface area (Å²) in [5.41, 5.74) is 0.946. The molecule has 3 atom stereocenters. The van der Waals surface area contributed by atoms with Gasteiger partial charge in [-0.25, -0.2) is 12.8 Å². The van der Waals surface area contributed by atoms with Crippen molar-refractivity contribution in [2.75, 3.05) is 33.3 Å². The van der Waals surface area contributed by atoms with Crippen molar-refractivity contribution in [1.29, 1.82) is 0 Å². The van der Waals surface area contributed by atoms with Crippen LogP contribution in [-0.4, -0.2) is 68.2 Å². The van der Waals surface area contributed by atoms with E-state index in [1.54, 1.807) is 37.3 Å². The SMILES string of the molecule is C[C@H](CO)N1C[C@H](C)[C@H](CN(C)CC2CC2)Oc2cc(-c3ccccc3F)ccc2S1(=O)=O. The van der Waals surface area contributed by atoms with Gasteiger partial charge in [0.15, 0.2) is 0 Å². The molecule has 0 aromatic heterocycles. The molecule has 1 N–H and O–H groups in total. The monoisotopic (exact) mass is 476 g/mol. The fourth-order valence-electron chi connectivity index (χ4n) is 4.43. The van der Waals surface area contributed by atoms with Crippen molar-refractivity contribution in [3.8, 4) is 16.9 Å². The van der Waals surface area contributed by atoms with Crippen molar-refractivity contribution in [3.05, 3.63) is 48.3 Å². The maximum absolute atomic E-state index is 14.5. The van der Waals surface area contributed by atoms with Gasteiger partial charge >= 0.3 is 0 Å². The van der Waals surface area contributed by atoms with Gasteiger partial charge in [0.2, 0.25) is 10.0 Å². The van der Waals surface area contributed by atoms with Gasteiger partial charge in [-0.05, 0) is 56.5 Å². The van der Waals surface area contributed by atoms with E-state index in [2.05, 4.69) is 11.9 Å². The van der Waals surface area contributed by atoms with E-state index in [1.807, 2.05) is 6.92 Å². The van der Waals surface area contributed by atoms with Crippen LogP contribution < -0.4 is 4.74 Å². The van der Waals surface area contributed by atoms with E-state index in [9.17, 15) is 17.9 Å². The van der Waals surface area contributed by atoms with Gasteiger partial charge in [0.05, 0.1) is 6.61 Å². The van der Waals surface area contributed by atoms with Crippen molar-refractivity contribution in [3.63, 3.8) is 0 Å². The summed E-state index contributed by atoms with van der Waals surface area (Å²) in [6, 6.07) is 10.6. The van der Waals surface area contributed by atoms with Gasteiger partial charge in [0, 0.05) is 37.2 Å². The molecule has 6 nitrogen and oxygen atoms in total. The molecule has 0 radical (unpaired) electrons. The first kappa shape index (κ1) is 24.1. The van der Waals surface area contributed by atoms with Crippen LogP contribution in [-0.2, 0) is 10.0 Å². The minimum atomic E-state index is -3.92. The van der Waals surface area contributed by atoms with Gasteiger partial charge in [-0.2, -0.15) is 4.31 Å². The number of halogens is 1. The average molecular weight is 477 g/mol. The lowest BCUT2D eigenvalue weighted by Crippen LogP contribution is -2.49. The molecule has 0 amide bonds. The molecule has 2 aliphatic rings. The summed E-state index contributed by atoms with van der Waals surface area (Å²) < 4.78 is 49.4. The average Bonchev–Trinajstić information content (AvgIpc) is 3.59. The molecule has 1 saturated carbocycles. The number of rotatable bonds is 7. The number of aliphatic hydroxyl groups is 1. The Morgan fingerprint density at radius 1 is 1.21 bits per heavy atom. The van der Waals surface area contributed by atoms with Crippen molar-refractivity contribution < 1.29 is 22.7 Å². The van der Waals surface area contributed by atoms with Gasteiger partial charge in [0.1, 0.15) is 22.6 Å². The van der Waals surface area contributed by atoms with E-state index < -0.39 is 16.1 Å². The number of ether oxygens (including phenoxy) is 1. The molecule has 180 valence electrons. The quantitative estimate of drug-likeness (QED) is 0.661. The molecule has 2 aromatic rings. The summed E-state index contributed by atoms with van der Waals surface area (Å²) in [5.74, 6) is 0.462. The first-order valence-corrected chi connectivity index (χ1v) is 13.0. The Hall–Kier alpha value is -2.00. The molecular weight excluding hydrogens is 443 g/mol. The third-order valence-electron chi connectivity index (χ3n) is 6.61. The minimum absolute atomic E-state index is 0.0460. The number of aliphatic hydroxyl groups excluding tert-OH is 1. The summed E-state index contributed by atoms with van der Waals surface area (Å²) in [6.07, 6.45) is 2.24. The largest absolute Gasteiger partial charge is 0.487 e. The second kappa shape index (κ2) is 9.70. The van der Waals surface area contributed by atoms with Crippen molar-refractivity contribution >= 4 is 10.0 Å². The normalized spacial score (nSPS) is 23.9. The zero-order valence-corrected chi connectivity index (χ0v) is 20.3. The Labute approximate surface area is 196 Å². The maximum Gasteiger partial charge on any atom is 0.247 e. The van der Waals surface area contributed by atoms with Crippen LogP contribution in [0.25, 0.3) is 11.1 Å². The minimum Gasteiger partial charge on any atom is -0.487 e. The lowest BCUT2D eigenvalue weighted by atomic mass is 10.0. The van der Waals surface area contributed by atoms with Crippen LogP contribution in [0, 0.1) is 17.7 Å². The van der Waals surface area contributed by atoms with Crippen LogP contribution in [0.15, 0.2) is 47.4 Å². The highest BCUT2D eigenvalue weighted by Crippen LogP contribution is 2.37. The van der Waals surface area contributed by atoms with E-state index in [0.29, 0.717) is 17.7 Å². The molecule has 0 spiro atoms. The van der Waals surface area contributed by atoms with E-state index in [4.69, 9.17) is 4.74 Å². The number of hydrogen-bond donors (Lipinski definition) is 1. The van der Waals surface area contributed by atoms with Gasteiger partial charge in [-0.3, -0.25) is 0 Å². The Balaban J connectivity index is 1.76. The Morgan fingerprint density at radius 3 is 2.61 bits per heavy atom. The second-order valence-electron chi connectivity index (χ2n) is 9.55. The number of hydrogen-bond acceptors (Lipinski definition) is 5. The topological polar surface area (TPSA) is 70.1 Å². The highest BCUT2D eigenvalue weighted by Gasteiger charge is 2.38. The number of nitrogens with zero attached hydrogens (tertiary/aromatic N) is 2. The zero-order valence-electron chi connectivity index (χ0n) is 19.4. The maximum atomic E-state index is 14.5. The first-order chi connectivity index (χ1) is 15.7. The third kappa shape index (κ3) is 5.24. The summed E-state index contributed by atoms with van der Waals surface area (Å²) in [7, 11) is -1.85. The molecule has 1 aliphatic carbocycles. The Bertz CT molecular complexity index is 1090. The zero-order chi connectivity index (χ0) is 23.8. The lowest BCUT2D eigenvalue weighted by Gasteiger charge is -2.37. The molecule has 1 fully saturated rings. The predicted molar refractivity (Wildman–Crippen MR) is 126 cm³/mol. The molecule has 33 heavy (non-hydrogen) atoms. The molecular formula is C25H33FN2O4S. The summed E-state index contributed by atoms with van der Waals surface area (Å²) in [4.78, 5) is 2.29. The van der Waals surface area contributed by atoms with Gasteiger partial charge in [-0.1, -0.05) is 31.2 Å². The fourth-order valence-corrected chi connectivity index (χ4v) is 6.26. The molecule has 0 saturated heterocycles. The lowest BCUT2D eigenvalue weighted by molar-refractivity contribution is 0.0741. The highest BCUT2D eigenvalue weighted by atomic mass is 32.2. The van der Waals surface area contributed by atoms with Crippen molar-refractivity contribution in [2.45, 2.75) is 43.7 Å². The Kier molecular flexibility index (Phi) is 7.09. The van der Waals surface area contributed by atoms with Crippen molar-refractivity contribution in [2.24, 2.45) is 11.8 Å². The van der Waals surface area contributed by atoms with Crippen LogP contribution in [0.3, 0.4) is 0 Å². The molecule has 0 bridgehead atoms. The first-order valence-electron chi connectivity index (χ1n) is 11.6. The summed E-state index contributed by atoms with van der Waals surface area (Å²) in [6.45, 7) is 5.30. The molecule has 8 heteroatoms. The summed E-state index contributed by atoms with van der Waals surface area (Å²) >= 11 is 0. The Morgan fingerprint density at radius 2 is 1.94 bits per heavy atom. The number of fused-ring (bicyclic) bond motifs is 1. The third-order valence-corrected chi connectivity index (χ3v) is 8.63. The molecule has 0 unspecified atom stereocenters. The van der Waals surface area contributed by atoms with Crippen molar-refractivity contribution in [1.82, 2.24) is 9.21 Å². The summed E-state index contributed by atoms with van der Waals surface area (Å²) in [5, 5.41) is 9.77. The van der Waals surface area contributed by atoms with Crippen LogP contribution in [0.2, 0.25) is 0 Å². The van der Waals surface area contributed by atoms with E-state index in [0.717, 1.165) is 12.5 Å². The highest BCUT2D eigenvalue weighted by molar-refractivity contribution is 7.89. The molecule has 1 aliphatic heterocycles. The number of benzene rings is 2.